The van der Waals surface area contributed by atoms with E-state index in [1.807, 2.05) is 28.8 Å². The molecule has 0 aliphatic heterocycles. The van der Waals surface area contributed by atoms with Crippen molar-refractivity contribution in [1.82, 2.24) is 9.38 Å². The highest BCUT2D eigenvalue weighted by molar-refractivity contribution is 5.99. The van der Waals surface area contributed by atoms with Crippen LogP contribution in [-0.2, 0) is 6.42 Å². The molecular formula is C10H8N2O. The lowest BCUT2D eigenvalue weighted by Crippen LogP contribution is -1.97. The summed E-state index contributed by atoms with van der Waals surface area (Å²) in [7, 11) is 0. The van der Waals surface area contributed by atoms with E-state index in [0.29, 0.717) is 6.42 Å². The second-order valence-electron chi connectivity index (χ2n) is 3.26. The summed E-state index contributed by atoms with van der Waals surface area (Å²) >= 11 is 0. The standard InChI is InChI=1S/C10H8N2O/c13-8-5-4-7-10(8)12-6-2-1-3-9(12)11-7/h1-3,6H,4-5H2. The summed E-state index contributed by atoms with van der Waals surface area (Å²) in [5, 5.41) is 0. The largest absolute Gasteiger partial charge is 0.297 e. The van der Waals surface area contributed by atoms with Crippen LogP contribution in [0.25, 0.3) is 5.65 Å². The smallest absolute Gasteiger partial charge is 0.181 e. The summed E-state index contributed by atoms with van der Waals surface area (Å²) in [5.41, 5.74) is 2.62. The normalized spacial score (nSPS) is 15.2. The number of fused-ring (bicyclic) bond motifs is 3. The Morgan fingerprint density at radius 3 is 3.15 bits per heavy atom. The molecule has 3 heteroatoms. The first kappa shape index (κ1) is 6.83. The van der Waals surface area contributed by atoms with E-state index < -0.39 is 0 Å². The van der Waals surface area contributed by atoms with E-state index >= 15 is 0 Å². The van der Waals surface area contributed by atoms with E-state index in [1.54, 1.807) is 0 Å². The molecule has 0 aromatic carbocycles. The lowest BCUT2D eigenvalue weighted by Gasteiger charge is -1.94. The van der Waals surface area contributed by atoms with Crippen LogP contribution in [0.2, 0.25) is 0 Å². The van der Waals surface area contributed by atoms with E-state index in [-0.39, 0.29) is 5.78 Å². The molecule has 1 aliphatic rings. The van der Waals surface area contributed by atoms with E-state index in [2.05, 4.69) is 4.98 Å². The van der Waals surface area contributed by atoms with Crippen LogP contribution >= 0.6 is 0 Å². The predicted molar refractivity (Wildman–Crippen MR) is 47.8 cm³/mol. The van der Waals surface area contributed by atoms with Crippen molar-refractivity contribution >= 4 is 11.4 Å². The van der Waals surface area contributed by atoms with Crippen molar-refractivity contribution < 1.29 is 4.79 Å². The zero-order valence-electron chi connectivity index (χ0n) is 7.03. The molecule has 0 fully saturated rings. The van der Waals surface area contributed by atoms with Crippen LogP contribution in [0.15, 0.2) is 24.4 Å². The number of hydrogen-bond donors (Lipinski definition) is 0. The average molecular weight is 172 g/mol. The molecule has 64 valence electrons. The van der Waals surface area contributed by atoms with Gasteiger partial charge in [0.15, 0.2) is 5.78 Å². The minimum absolute atomic E-state index is 0.216. The zero-order chi connectivity index (χ0) is 8.84. The lowest BCUT2D eigenvalue weighted by molar-refractivity contribution is 0.0989. The van der Waals surface area contributed by atoms with Gasteiger partial charge < -0.3 is 0 Å². The van der Waals surface area contributed by atoms with Crippen LogP contribution in [-0.4, -0.2) is 15.2 Å². The fourth-order valence-corrected chi connectivity index (χ4v) is 1.86. The minimum atomic E-state index is 0.216. The number of pyridine rings is 1. The van der Waals surface area contributed by atoms with Crippen LogP contribution in [0.5, 0.6) is 0 Å². The number of rotatable bonds is 0. The fraction of sp³-hybridized carbons (Fsp3) is 0.200. The maximum absolute atomic E-state index is 11.5. The van der Waals surface area contributed by atoms with Crippen molar-refractivity contribution in [3.63, 3.8) is 0 Å². The van der Waals surface area contributed by atoms with Crippen molar-refractivity contribution in [3.05, 3.63) is 35.8 Å². The molecule has 0 amide bonds. The molecular weight excluding hydrogens is 164 g/mol. The Kier molecular flexibility index (Phi) is 1.15. The van der Waals surface area contributed by atoms with E-state index in [9.17, 15) is 4.79 Å². The van der Waals surface area contributed by atoms with Crippen LogP contribution in [0.1, 0.15) is 22.6 Å². The quantitative estimate of drug-likeness (QED) is 0.603. The molecule has 13 heavy (non-hydrogen) atoms. The Morgan fingerprint density at radius 2 is 2.23 bits per heavy atom. The van der Waals surface area contributed by atoms with E-state index in [4.69, 9.17) is 0 Å². The van der Waals surface area contributed by atoms with Gasteiger partial charge in [0.05, 0.1) is 5.69 Å². The first-order chi connectivity index (χ1) is 6.36. The molecule has 0 saturated carbocycles. The maximum atomic E-state index is 11.5. The summed E-state index contributed by atoms with van der Waals surface area (Å²) in [6.45, 7) is 0. The molecule has 0 radical (unpaired) electrons. The van der Waals surface area contributed by atoms with Gasteiger partial charge in [-0.2, -0.15) is 0 Å². The molecule has 2 aromatic rings. The van der Waals surface area contributed by atoms with Gasteiger partial charge in [-0.15, -0.1) is 0 Å². The van der Waals surface area contributed by atoms with Gasteiger partial charge >= 0.3 is 0 Å². The van der Waals surface area contributed by atoms with Crippen LogP contribution in [0.3, 0.4) is 0 Å². The highest BCUT2D eigenvalue weighted by Gasteiger charge is 2.24. The molecule has 2 heterocycles. The highest BCUT2D eigenvalue weighted by Crippen LogP contribution is 2.22. The number of ketones is 1. The number of aromatic nitrogens is 2. The van der Waals surface area contributed by atoms with Crippen molar-refractivity contribution in [2.24, 2.45) is 0 Å². The second-order valence-corrected chi connectivity index (χ2v) is 3.26. The SMILES string of the molecule is O=C1CCc2nc3ccccn3c21. The second kappa shape index (κ2) is 2.19. The van der Waals surface area contributed by atoms with Gasteiger partial charge in [-0.25, -0.2) is 4.98 Å². The molecule has 0 atom stereocenters. The Bertz CT molecular complexity index is 499. The number of hydrogen-bond acceptors (Lipinski definition) is 2. The Morgan fingerprint density at radius 1 is 1.31 bits per heavy atom. The molecule has 0 N–H and O–H groups in total. The fourth-order valence-electron chi connectivity index (χ4n) is 1.86. The third-order valence-electron chi connectivity index (χ3n) is 2.46. The number of Topliss-reactive ketones (excluding diaryl/α,β-unsaturated/α-hetero) is 1. The number of carbonyl (C=O) groups excluding carboxylic acids is 1. The van der Waals surface area contributed by atoms with E-state index in [0.717, 1.165) is 23.5 Å². The van der Waals surface area contributed by atoms with Gasteiger partial charge in [-0.05, 0) is 18.6 Å². The summed E-state index contributed by atoms with van der Waals surface area (Å²) in [6.07, 6.45) is 3.32. The van der Waals surface area contributed by atoms with Gasteiger partial charge in [0.25, 0.3) is 0 Å². The van der Waals surface area contributed by atoms with Crippen molar-refractivity contribution in [3.8, 4) is 0 Å². The van der Waals surface area contributed by atoms with Crippen molar-refractivity contribution in [2.45, 2.75) is 12.8 Å². The molecule has 3 rings (SSSR count). The number of imidazole rings is 1. The number of nitrogens with zero attached hydrogens (tertiary/aromatic N) is 2. The van der Waals surface area contributed by atoms with Gasteiger partial charge in [-0.3, -0.25) is 9.20 Å². The average Bonchev–Trinajstić information content (AvgIpc) is 2.66. The summed E-state index contributed by atoms with van der Waals surface area (Å²) in [4.78, 5) is 15.9. The summed E-state index contributed by atoms with van der Waals surface area (Å²) < 4.78 is 1.88. The number of aryl methyl sites for hydroxylation is 1. The molecule has 2 aromatic heterocycles. The Balaban J connectivity index is 2.46. The monoisotopic (exact) mass is 172 g/mol. The Labute approximate surface area is 75.0 Å². The minimum Gasteiger partial charge on any atom is -0.297 e. The Hall–Kier alpha value is -1.64. The maximum Gasteiger partial charge on any atom is 0.181 e. The molecule has 0 bridgehead atoms. The molecule has 3 nitrogen and oxygen atoms in total. The van der Waals surface area contributed by atoms with Gasteiger partial charge in [-0.1, -0.05) is 6.07 Å². The lowest BCUT2D eigenvalue weighted by atomic mass is 10.3. The highest BCUT2D eigenvalue weighted by atomic mass is 16.1. The van der Waals surface area contributed by atoms with Crippen LogP contribution < -0.4 is 0 Å². The molecule has 0 unspecified atom stereocenters. The molecule has 1 aliphatic carbocycles. The topological polar surface area (TPSA) is 34.4 Å². The predicted octanol–water partition coefficient (Wildman–Crippen LogP) is 1.46. The third kappa shape index (κ3) is 0.786. The molecule has 0 saturated heterocycles. The van der Waals surface area contributed by atoms with E-state index in [1.165, 1.54) is 0 Å². The molecule has 0 spiro atoms. The van der Waals surface area contributed by atoms with Gasteiger partial charge in [0.2, 0.25) is 0 Å². The van der Waals surface area contributed by atoms with Gasteiger partial charge in [0.1, 0.15) is 11.3 Å². The number of carbonyl (C=O) groups is 1. The first-order valence-corrected chi connectivity index (χ1v) is 4.35. The van der Waals surface area contributed by atoms with Crippen molar-refractivity contribution in [2.75, 3.05) is 0 Å². The van der Waals surface area contributed by atoms with Crippen LogP contribution in [0, 0.1) is 0 Å². The van der Waals surface area contributed by atoms with Crippen molar-refractivity contribution in [1.29, 1.82) is 0 Å². The van der Waals surface area contributed by atoms with Gasteiger partial charge in [0, 0.05) is 12.6 Å². The third-order valence-corrected chi connectivity index (χ3v) is 2.46. The van der Waals surface area contributed by atoms with Crippen LogP contribution in [0.4, 0.5) is 0 Å². The zero-order valence-corrected chi connectivity index (χ0v) is 7.03. The first-order valence-electron chi connectivity index (χ1n) is 4.35. The summed E-state index contributed by atoms with van der Waals surface area (Å²) in [5.74, 6) is 0.216. The summed E-state index contributed by atoms with van der Waals surface area (Å²) in [6, 6.07) is 5.77.